The summed E-state index contributed by atoms with van der Waals surface area (Å²) in [5.74, 6) is -0.207. The number of amidine groups is 1. The fourth-order valence-corrected chi connectivity index (χ4v) is 6.23. The Balaban J connectivity index is 1.49. The van der Waals surface area contributed by atoms with Gasteiger partial charge in [-0.15, -0.1) is 0 Å². The number of nitrogens with one attached hydrogen (secondary N) is 3. The molecular weight excluding hydrogens is 604 g/mol. The number of hydrogen-bond acceptors (Lipinski definition) is 9. The summed E-state index contributed by atoms with van der Waals surface area (Å²) in [6.45, 7) is 5.03. The van der Waals surface area contributed by atoms with E-state index in [0.29, 0.717) is 57.8 Å². The Hall–Kier alpha value is -2.81. The van der Waals surface area contributed by atoms with Crippen LogP contribution in [0.3, 0.4) is 0 Å². The zero-order valence-electron chi connectivity index (χ0n) is 20.0. The van der Waals surface area contributed by atoms with Crippen LogP contribution >= 0.6 is 50.4 Å². The highest BCUT2D eigenvalue weighted by Gasteiger charge is 2.22. The number of hydrogen-bond donors (Lipinski definition) is 4. The van der Waals surface area contributed by atoms with Crippen LogP contribution in [0.15, 0.2) is 16.0 Å². The summed E-state index contributed by atoms with van der Waals surface area (Å²) in [7, 11) is 0. The number of thiazole rings is 1. The number of nitrogens with two attached hydrogens (primary N) is 1. The van der Waals surface area contributed by atoms with Gasteiger partial charge in [0.05, 0.1) is 17.9 Å². The summed E-state index contributed by atoms with van der Waals surface area (Å²) in [6, 6.07) is 0. The lowest BCUT2D eigenvalue weighted by Crippen LogP contribution is -2.29. The molecule has 5 N–H and O–H groups in total. The van der Waals surface area contributed by atoms with Gasteiger partial charge in [-0.05, 0) is 42.9 Å². The molecule has 0 unspecified atom stereocenters. The molecular formula is C22H24BrClN8O3S2. The zero-order valence-corrected chi connectivity index (χ0v) is 24.0. The van der Waals surface area contributed by atoms with E-state index in [-0.39, 0.29) is 33.9 Å². The highest BCUT2D eigenvalue weighted by Crippen LogP contribution is 2.31. The number of rotatable bonds is 9. The van der Waals surface area contributed by atoms with Crippen molar-refractivity contribution in [1.82, 2.24) is 19.2 Å². The van der Waals surface area contributed by atoms with Gasteiger partial charge in [-0.25, -0.2) is 9.97 Å². The number of amides is 2. The topological polar surface area (TPSA) is 158 Å². The maximum absolute atomic E-state index is 13.0. The van der Waals surface area contributed by atoms with Crippen LogP contribution in [0.5, 0.6) is 0 Å². The van der Waals surface area contributed by atoms with Crippen LogP contribution in [0.1, 0.15) is 44.9 Å². The Morgan fingerprint density at radius 2 is 2.16 bits per heavy atom. The van der Waals surface area contributed by atoms with Crippen molar-refractivity contribution in [2.45, 2.75) is 32.0 Å². The highest BCUT2D eigenvalue weighted by atomic mass is 79.9. The first-order chi connectivity index (χ1) is 17.7. The summed E-state index contributed by atoms with van der Waals surface area (Å²) in [6.07, 6.45) is 3.05. The van der Waals surface area contributed by atoms with Gasteiger partial charge in [0.1, 0.15) is 21.3 Å². The fourth-order valence-electron chi connectivity index (χ4n) is 3.75. The van der Waals surface area contributed by atoms with Gasteiger partial charge in [-0.2, -0.15) is 0 Å². The Morgan fingerprint density at radius 1 is 1.38 bits per heavy atom. The second-order valence-corrected chi connectivity index (χ2v) is 10.9. The normalized spacial score (nSPS) is 13.9. The number of nitrogens with zero attached hydrogens (tertiary/aromatic N) is 4. The van der Waals surface area contributed by atoms with Crippen LogP contribution in [0.25, 0.3) is 0 Å². The minimum atomic E-state index is -0.387. The summed E-state index contributed by atoms with van der Waals surface area (Å²) in [5.41, 5.74) is 8.60. The molecule has 3 aromatic heterocycles. The molecule has 4 heterocycles. The van der Waals surface area contributed by atoms with E-state index < -0.39 is 0 Å². The molecule has 1 aliphatic rings. The number of aliphatic imine (C=N–C) groups is 1. The van der Waals surface area contributed by atoms with Gasteiger partial charge < -0.3 is 21.3 Å². The molecule has 0 radical (unpaired) electrons. The minimum Gasteiger partial charge on any atom is -0.383 e. The molecule has 15 heteroatoms. The van der Waals surface area contributed by atoms with Gasteiger partial charge in [0.15, 0.2) is 10.3 Å². The Kier molecular flexibility index (Phi) is 8.62. The van der Waals surface area contributed by atoms with Gasteiger partial charge in [0, 0.05) is 31.0 Å². The lowest BCUT2D eigenvalue weighted by molar-refractivity contribution is -0.127. The van der Waals surface area contributed by atoms with E-state index in [1.165, 1.54) is 0 Å². The van der Waals surface area contributed by atoms with Crippen LogP contribution < -0.4 is 21.9 Å². The SMILES string of the molecule is Cc1nc(Nc2s[nH]c(=O)c2C(N)=NCCN2CCCC2=O)sc1C(=O)Nc1c(Cl)ncc(CBr)c1C. The predicted molar refractivity (Wildman–Crippen MR) is 151 cm³/mol. The fraction of sp³-hybridized carbons (Fsp3) is 0.364. The van der Waals surface area contributed by atoms with Crippen LogP contribution in [0, 0.1) is 13.8 Å². The molecule has 1 saturated heterocycles. The van der Waals surface area contributed by atoms with E-state index in [4.69, 9.17) is 17.3 Å². The molecule has 2 amide bonds. The maximum atomic E-state index is 13.0. The molecule has 4 rings (SSSR count). The molecule has 0 saturated carbocycles. The van der Waals surface area contributed by atoms with Crippen molar-refractivity contribution in [1.29, 1.82) is 0 Å². The quantitative estimate of drug-likeness (QED) is 0.122. The highest BCUT2D eigenvalue weighted by molar-refractivity contribution is 9.08. The number of likely N-dealkylation sites (tertiary alicyclic amines) is 1. The minimum absolute atomic E-state index is 0.0622. The number of aromatic nitrogens is 3. The van der Waals surface area contributed by atoms with E-state index in [1.807, 2.05) is 6.92 Å². The second-order valence-electron chi connectivity index (χ2n) is 8.21. The second kappa shape index (κ2) is 11.7. The molecule has 0 bridgehead atoms. The number of anilines is 3. The number of halogens is 2. The summed E-state index contributed by atoms with van der Waals surface area (Å²) in [5, 5.41) is 7.52. The number of H-pyrrole nitrogens is 1. The van der Waals surface area contributed by atoms with E-state index in [2.05, 4.69) is 45.9 Å². The molecule has 1 aliphatic heterocycles. The third kappa shape index (κ3) is 6.03. The number of aryl methyl sites for hydroxylation is 1. The van der Waals surface area contributed by atoms with Crippen LogP contribution in [-0.2, 0) is 10.1 Å². The van der Waals surface area contributed by atoms with E-state index in [0.717, 1.165) is 40.4 Å². The number of pyridine rings is 1. The first-order valence-electron chi connectivity index (χ1n) is 11.2. The summed E-state index contributed by atoms with van der Waals surface area (Å²) < 4.78 is 2.65. The molecule has 11 nitrogen and oxygen atoms in total. The van der Waals surface area contributed by atoms with Gasteiger partial charge in [-0.1, -0.05) is 38.9 Å². The van der Waals surface area contributed by atoms with Crippen molar-refractivity contribution in [2.24, 2.45) is 10.7 Å². The van der Waals surface area contributed by atoms with Crippen LogP contribution in [0.4, 0.5) is 15.8 Å². The van der Waals surface area contributed by atoms with Crippen LogP contribution in [0.2, 0.25) is 5.15 Å². The van der Waals surface area contributed by atoms with Crippen molar-refractivity contribution in [3.63, 3.8) is 0 Å². The average molecular weight is 628 g/mol. The first-order valence-corrected chi connectivity index (χ1v) is 14.4. The monoisotopic (exact) mass is 626 g/mol. The summed E-state index contributed by atoms with van der Waals surface area (Å²) in [4.78, 5) is 52.2. The van der Waals surface area contributed by atoms with Gasteiger partial charge in [0.25, 0.3) is 11.5 Å². The van der Waals surface area contributed by atoms with Gasteiger partial charge in [-0.3, -0.25) is 23.7 Å². The molecule has 37 heavy (non-hydrogen) atoms. The Morgan fingerprint density at radius 3 is 2.86 bits per heavy atom. The van der Waals surface area contributed by atoms with E-state index >= 15 is 0 Å². The summed E-state index contributed by atoms with van der Waals surface area (Å²) >= 11 is 11.8. The molecule has 0 aromatic carbocycles. The third-order valence-electron chi connectivity index (χ3n) is 5.78. The smallest absolute Gasteiger partial charge is 0.271 e. The Bertz CT molecular complexity index is 1430. The zero-order chi connectivity index (χ0) is 26.7. The first kappa shape index (κ1) is 27.2. The van der Waals surface area contributed by atoms with Crippen molar-refractivity contribution in [3.8, 4) is 0 Å². The van der Waals surface area contributed by atoms with Crippen molar-refractivity contribution < 1.29 is 9.59 Å². The molecule has 0 atom stereocenters. The van der Waals surface area contributed by atoms with Crippen molar-refractivity contribution in [3.05, 3.63) is 49.0 Å². The predicted octanol–water partition coefficient (Wildman–Crippen LogP) is 3.78. The molecule has 1 fully saturated rings. The number of carbonyl (C=O) groups excluding carboxylic acids is 2. The molecule has 3 aromatic rings. The number of aromatic amines is 1. The lowest BCUT2D eigenvalue weighted by Gasteiger charge is -2.13. The van der Waals surface area contributed by atoms with Gasteiger partial charge in [0.2, 0.25) is 5.91 Å². The standard InChI is InChI=1S/C22H24BrClN8O3S2/c1-10-12(8-23)9-27-17(24)15(10)29-20(35)16-11(2)28-22(36-16)30-21-14(19(34)31-37-21)18(25)26-5-7-32-6-3-4-13(32)33/h9H,3-8H2,1-2H3,(H2,25,26)(H,28,30)(H,29,35)(H,31,34). The maximum Gasteiger partial charge on any atom is 0.271 e. The van der Waals surface area contributed by atoms with Crippen LogP contribution in [-0.4, -0.2) is 56.5 Å². The lowest BCUT2D eigenvalue weighted by atomic mass is 10.1. The largest absolute Gasteiger partial charge is 0.383 e. The molecule has 196 valence electrons. The molecule has 0 spiro atoms. The third-order valence-corrected chi connectivity index (χ3v) is 8.54. The van der Waals surface area contributed by atoms with Gasteiger partial charge >= 0.3 is 0 Å². The van der Waals surface area contributed by atoms with Crippen molar-refractivity contribution >= 4 is 83.9 Å². The number of alkyl halides is 1. The molecule has 0 aliphatic carbocycles. The van der Waals surface area contributed by atoms with E-state index in [1.54, 1.807) is 18.0 Å². The van der Waals surface area contributed by atoms with E-state index in [9.17, 15) is 14.4 Å². The van der Waals surface area contributed by atoms with Crippen molar-refractivity contribution in [2.75, 3.05) is 30.3 Å². The number of carbonyl (C=O) groups is 2. The Labute approximate surface area is 233 Å². The average Bonchev–Trinajstić information content (AvgIpc) is 3.55.